The van der Waals surface area contributed by atoms with Crippen LogP contribution in [0.15, 0.2) is 89.9 Å². The van der Waals surface area contributed by atoms with Gasteiger partial charge in [-0.2, -0.15) is 0 Å². The normalized spacial score (nSPS) is 23.6. The van der Waals surface area contributed by atoms with E-state index in [0.29, 0.717) is 23.4 Å². The Labute approximate surface area is 306 Å². The number of methoxy groups -OCH3 is 1. The summed E-state index contributed by atoms with van der Waals surface area (Å²) in [6.45, 7) is 4.83. The molecule has 1 spiro atoms. The topological polar surface area (TPSA) is 144 Å². The van der Waals surface area contributed by atoms with Crippen molar-refractivity contribution in [3.63, 3.8) is 0 Å². The van der Waals surface area contributed by atoms with Gasteiger partial charge in [-0.15, -0.1) is 0 Å². The number of nitro groups is 1. The molecular formula is C39H41FN4O8Si. The Bertz CT molecular complexity index is 2170. The summed E-state index contributed by atoms with van der Waals surface area (Å²) in [6, 6.07) is 21.7. The van der Waals surface area contributed by atoms with Crippen molar-refractivity contribution in [3.05, 3.63) is 128 Å². The zero-order chi connectivity index (χ0) is 37.8. The van der Waals surface area contributed by atoms with Crippen molar-refractivity contribution >= 4 is 31.6 Å². The SMILES string of the molecule is COc1cccn(-c2cccc(CN3C(=O)[C@]4(O[C@H](CC(=O)N5Cc6ccccc6C[C@H]5CO)[C@@H]([Si](C)(C)F)[C@@H]4C)c4cc([N+](=O)[O-])ccc43)c2)c1=O. The van der Waals surface area contributed by atoms with Gasteiger partial charge in [0.15, 0.2) is 11.4 Å². The lowest BCUT2D eigenvalue weighted by atomic mass is 9.82. The van der Waals surface area contributed by atoms with Crippen LogP contribution in [-0.2, 0) is 39.4 Å². The highest BCUT2D eigenvalue weighted by atomic mass is 28.4. The Morgan fingerprint density at radius 3 is 2.53 bits per heavy atom. The van der Waals surface area contributed by atoms with Gasteiger partial charge in [0.25, 0.3) is 17.2 Å². The van der Waals surface area contributed by atoms with Crippen LogP contribution in [0.1, 0.15) is 35.6 Å². The maximum Gasteiger partial charge on any atom is 0.297 e. The lowest BCUT2D eigenvalue weighted by molar-refractivity contribution is -0.385. The second-order valence-corrected chi connectivity index (χ2v) is 18.4. The molecule has 0 saturated carbocycles. The molecule has 1 aromatic heterocycles. The largest absolute Gasteiger partial charge is 0.491 e. The van der Waals surface area contributed by atoms with Crippen molar-refractivity contribution in [2.24, 2.45) is 5.92 Å². The molecule has 3 aliphatic rings. The number of non-ortho nitro benzene ring substituents is 1. The molecular weight excluding hydrogens is 700 g/mol. The van der Waals surface area contributed by atoms with Crippen LogP contribution in [0.25, 0.3) is 5.69 Å². The summed E-state index contributed by atoms with van der Waals surface area (Å²) in [5, 5.41) is 22.3. The Morgan fingerprint density at radius 2 is 1.83 bits per heavy atom. The monoisotopic (exact) mass is 740 g/mol. The van der Waals surface area contributed by atoms with Crippen LogP contribution in [0, 0.1) is 16.0 Å². The predicted molar refractivity (Wildman–Crippen MR) is 197 cm³/mol. The van der Waals surface area contributed by atoms with Gasteiger partial charge in [-0.05, 0) is 66.5 Å². The molecule has 1 fully saturated rings. The zero-order valence-corrected chi connectivity index (χ0v) is 30.9. The van der Waals surface area contributed by atoms with E-state index in [4.69, 9.17) is 9.47 Å². The Hall–Kier alpha value is -5.18. The number of benzene rings is 3. The number of carbonyl (C=O) groups is 2. The van der Waals surface area contributed by atoms with Crippen LogP contribution in [-0.4, -0.2) is 65.6 Å². The number of aliphatic hydroxyl groups is 1. The van der Waals surface area contributed by atoms with Gasteiger partial charge < -0.3 is 28.5 Å². The Morgan fingerprint density at radius 1 is 1.08 bits per heavy atom. The number of carbonyl (C=O) groups excluding carboxylic acids is 2. The molecule has 53 heavy (non-hydrogen) atoms. The Balaban J connectivity index is 1.26. The summed E-state index contributed by atoms with van der Waals surface area (Å²) in [4.78, 5) is 56.7. The van der Waals surface area contributed by atoms with Gasteiger partial charge in [0.05, 0.1) is 49.4 Å². The first-order valence-electron chi connectivity index (χ1n) is 17.6. The molecule has 0 unspecified atom stereocenters. The number of aliphatic hydroxyl groups excluding tert-OH is 1. The van der Waals surface area contributed by atoms with Crippen LogP contribution >= 0.6 is 0 Å². The predicted octanol–water partition coefficient (Wildman–Crippen LogP) is 5.41. The molecule has 3 aliphatic heterocycles. The first kappa shape index (κ1) is 36.2. The lowest BCUT2D eigenvalue weighted by Crippen LogP contribution is -2.48. The molecule has 0 radical (unpaired) electrons. The number of rotatable bonds is 9. The summed E-state index contributed by atoms with van der Waals surface area (Å²) < 4.78 is 29.9. The highest BCUT2D eigenvalue weighted by molar-refractivity contribution is 6.72. The number of ether oxygens (including phenoxy) is 2. The minimum absolute atomic E-state index is 0.0180. The molecule has 276 valence electrons. The van der Waals surface area contributed by atoms with Gasteiger partial charge in [0.2, 0.25) is 14.3 Å². The Kier molecular flexibility index (Phi) is 9.33. The number of pyridine rings is 1. The summed E-state index contributed by atoms with van der Waals surface area (Å²) in [5.41, 5.74) is 0.588. The zero-order valence-electron chi connectivity index (χ0n) is 29.9. The molecule has 2 amide bonds. The standard InChI is InChI=1S/C39H41FN4O8Si/c1-24-36(53(3,4)40)34(20-35(46)42-22-27-11-6-5-10-26(27)18-30(42)23-45)52-39(24)31-19-29(44(49)50)14-15-32(31)43(38(39)48)21-25-9-7-12-28(17-25)41-16-8-13-33(51-2)37(41)47/h5-17,19,24,30,34,36,45H,18,20-23H2,1-4H3/t24-,30-,34+,36-,39+/m0/s1. The third-order valence-electron chi connectivity index (χ3n) is 11.1. The quantitative estimate of drug-likeness (QED) is 0.104. The van der Waals surface area contributed by atoms with Crippen molar-refractivity contribution in [3.8, 4) is 11.4 Å². The van der Waals surface area contributed by atoms with Crippen LogP contribution in [0.4, 0.5) is 15.5 Å². The minimum atomic E-state index is -3.68. The molecule has 0 aliphatic carbocycles. The van der Waals surface area contributed by atoms with Crippen LogP contribution in [0.2, 0.25) is 18.6 Å². The van der Waals surface area contributed by atoms with Crippen molar-refractivity contribution < 1.29 is 33.2 Å². The molecule has 5 atom stereocenters. The van der Waals surface area contributed by atoms with E-state index < -0.39 is 48.4 Å². The second kappa shape index (κ2) is 13.7. The van der Waals surface area contributed by atoms with E-state index in [2.05, 4.69) is 0 Å². The molecule has 12 nitrogen and oxygen atoms in total. The van der Waals surface area contributed by atoms with Crippen molar-refractivity contribution in [1.82, 2.24) is 9.47 Å². The van der Waals surface area contributed by atoms with E-state index >= 15 is 4.11 Å². The molecule has 0 bridgehead atoms. The van der Waals surface area contributed by atoms with Gasteiger partial charge >= 0.3 is 0 Å². The summed E-state index contributed by atoms with van der Waals surface area (Å²) in [7, 11) is -2.26. The highest BCUT2D eigenvalue weighted by Gasteiger charge is 2.67. The summed E-state index contributed by atoms with van der Waals surface area (Å²) in [5.74, 6) is -1.47. The van der Waals surface area contributed by atoms with E-state index in [0.717, 1.165) is 11.1 Å². The molecule has 1 N–H and O–H groups in total. The fourth-order valence-corrected chi connectivity index (χ4v) is 11.2. The van der Waals surface area contributed by atoms with Crippen molar-refractivity contribution in [1.29, 1.82) is 0 Å². The molecule has 1 saturated heterocycles. The maximum atomic E-state index is 16.5. The summed E-state index contributed by atoms with van der Waals surface area (Å²) in [6.07, 6.45) is 0.831. The smallest absolute Gasteiger partial charge is 0.297 e. The third kappa shape index (κ3) is 6.13. The number of nitro benzene ring substituents is 1. The number of aromatic nitrogens is 1. The number of anilines is 1. The number of nitrogens with zero attached hydrogens (tertiary/aromatic N) is 4. The molecule has 4 heterocycles. The fraction of sp³-hybridized carbons (Fsp3) is 0.359. The number of halogens is 1. The number of fused-ring (bicyclic) bond motifs is 3. The number of hydrogen-bond donors (Lipinski definition) is 1. The first-order valence-corrected chi connectivity index (χ1v) is 20.5. The summed E-state index contributed by atoms with van der Waals surface area (Å²) >= 11 is 0. The van der Waals surface area contributed by atoms with E-state index in [9.17, 15) is 29.6 Å². The van der Waals surface area contributed by atoms with Gasteiger partial charge in [0, 0.05) is 47.6 Å². The highest BCUT2D eigenvalue weighted by Crippen LogP contribution is 2.60. The van der Waals surface area contributed by atoms with Gasteiger partial charge in [-0.3, -0.25) is 29.1 Å². The minimum Gasteiger partial charge on any atom is -0.491 e. The van der Waals surface area contributed by atoms with Gasteiger partial charge in [0.1, 0.15) is 0 Å². The fourth-order valence-electron chi connectivity index (χ4n) is 8.66. The van der Waals surface area contributed by atoms with Gasteiger partial charge in [-0.25, -0.2) is 0 Å². The molecule has 3 aromatic carbocycles. The van der Waals surface area contributed by atoms with Gasteiger partial charge in [-0.1, -0.05) is 43.3 Å². The first-order chi connectivity index (χ1) is 25.3. The van der Waals surface area contributed by atoms with Crippen molar-refractivity contribution in [2.45, 2.75) is 69.2 Å². The van der Waals surface area contributed by atoms with E-state index in [1.165, 1.54) is 47.9 Å². The van der Waals surface area contributed by atoms with Crippen molar-refractivity contribution in [2.75, 3.05) is 18.6 Å². The van der Waals surface area contributed by atoms with E-state index in [-0.39, 0.29) is 54.6 Å². The average Bonchev–Trinajstić information content (AvgIpc) is 3.56. The van der Waals surface area contributed by atoms with Crippen LogP contribution < -0.4 is 15.2 Å². The van der Waals surface area contributed by atoms with Crippen LogP contribution in [0.3, 0.4) is 0 Å². The average molecular weight is 741 g/mol. The van der Waals surface area contributed by atoms with Crippen LogP contribution in [0.5, 0.6) is 5.75 Å². The lowest BCUT2D eigenvalue weighted by Gasteiger charge is -2.37. The van der Waals surface area contributed by atoms with E-state index in [1.54, 1.807) is 54.4 Å². The molecule has 14 heteroatoms. The number of amides is 2. The number of hydrogen-bond acceptors (Lipinski definition) is 8. The second-order valence-electron chi connectivity index (χ2n) is 14.6. The molecule has 4 aromatic rings. The third-order valence-corrected chi connectivity index (χ3v) is 13.5. The maximum absolute atomic E-state index is 16.5. The molecule has 7 rings (SSSR count). The van der Waals surface area contributed by atoms with E-state index in [1.807, 2.05) is 24.3 Å².